The fourth-order valence-electron chi connectivity index (χ4n) is 1.59. The van der Waals surface area contributed by atoms with Gasteiger partial charge in [0.25, 0.3) is 0 Å². The van der Waals surface area contributed by atoms with Gasteiger partial charge in [-0.3, -0.25) is 0 Å². The summed E-state index contributed by atoms with van der Waals surface area (Å²) >= 11 is 1.64. The molecular formula is C13H20FNOS. The number of hydrogen-bond acceptors (Lipinski definition) is 3. The lowest BCUT2D eigenvalue weighted by Gasteiger charge is -2.17. The normalized spacial score (nSPS) is 14.7. The highest BCUT2D eigenvalue weighted by molar-refractivity contribution is 8.00. The Morgan fingerprint density at radius 1 is 1.41 bits per heavy atom. The third-order valence-corrected chi connectivity index (χ3v) is 3.89. The van der Waals surface area contributed by atoms with E-state index in [1.165, 1.54) is 6.07 Å². The molecule has 0 amide bonds. The summed E-state index contributed by atoms with van der Waals surface area (Å²) < 4.78 is 13.5. The minimum Gasteiger partial charge on any atom is -0.396 e. The van der Waals surface area contributed by atoms with Crippen LogP contribution in [0.5, 0.6) is 0 Å². The van der Waals surface area contributed by atoms with Gasteiger partial charge in [-0.1, -0.05) is 6.92 Å². The molecular weight excluding hydrogens is 237 g/mol. The highest BCUT2D eigenvalue weighted by Crippen LogP contribution is 2.32. The number of benzene rings is 1. The molecule has 0 aliphatic rings. The molecule has 2 nitrogen and oxygen atoms in total. The number of aryl methyl sites for hydroxylation is 1. The van der Waals surface area contributed by atoms with Gasteiger partial charge in [0, 0.05) is 22.8 Å². The largest absolute Gasteiger partial charge is 0.396 e. The molecule has 0 heterocycles. The van der Waals surface area contributed by atoms with Crippen LogP contribution in [0.3, 0.4) is 0 Å². The Morgan fingerprint density at radius 2 is 2.06 bits per heavy atom. The minimum absolute atomic E-state index is 0.169. The van der Waals surface area contributed by atoms with Crippen LogP contribution in [0.2, 0.25) is 0 Å². The van der Waals surface area contributed by atoms with Crippen molar-refractivity contribution in [2.24, 2.45) is 5.73 Å². The average molecular weight is 257 g/mol. The van der Waals surface area contributed by atoms with E-state index < -0.39 is 0 Å². The van der Waals surface area contributed by atoms with Crippen LogP contribution in [0.4, 0.5) is 4.39 Å². The lowest BCUT2D eigenvalue weighted by atomic mass is 10.1. The smallest absolute Gasteiger partial charge is 0.126 e. The quantitative estimate of drug-likeness (QED) is 0.797. The second-order valence-electron chi connectivity index (χ2n) is 4.37. The molecule has 1 aromatic carbocycles. The van der Waals surface area contributed by atoms with Crippen molar-refractivity contribution in [2.45, 2.75) is 43.4 Å². The molecule has 0 saturated heterocycles. The fraction of sp³-hybridized carbons (Fsp3) is 0.538. The third-order valence-electron chi connectivity index (χ3n) is 2.65. The van der Waals surface area contributed by atoms with E-state index in [2.05, 4.69) is 0 Å². The van der Waals surface area contributed by atoms with Gasteiger partial charge in [-0.2, -0.15) is 0 Å². The summed E-state index contributed by atoms with van der Waals surface area (Å²) in [5.74, 6) is -0.212. The molecule has 1 rings (SSSR count). The van der Waals surface area contributed by atoms with Crippen molar-refractivity contribution < 1.29 is 9.50 Å². The molecule has 0 radical (unpaired) electrons. The Kier molecular flexibility index (Phi) is 5.43. The Bertz CT molecular complexity index is 382. The van der Waals surface area contributed by atoms with Gasteiger partial charge >= 0.3 is 0 Å². The number of nitrogens with two attached hydrogens (primary N) is 1. The van der Waals surface area contributed by atoms with E-state index in [-0.39, 0.29) is 18.5 Å². The molecule has 17 heavy (non-hydrogen) atoms. The maximum absolute atomic E-state index is 13.5. The van der Waals surface area contributed by atoms with E-state index in [1.807, 2.05) is 19.9 Å². The van der Waals surface area contributed by atoms with Gasteiger partial charge in [0.2, 0.25) is 0 Å². The first-order valence-corrected chi connectivity index (χ1v) is 6.66. The van der Waals surface area contributed by atoms with Crippen molar-refractivity contribution in [1.82, 2.24) is 0 Å². The van der Waals surface area contributed by atoms with Gasteiger partial charge in [-0.25, -0.2) is 4.39 Å². The summed E-state index contributed by atoms with van der Waals surface area (Å²) in [6.45, 7) is 5.82. The molecule has 3 N–H and O–H groups in total. The molecule has 2 unspecified atom stereocenters. The van der Waals surface area contributed by atoms with E-state index in [0.29, 0.717) is 10.8 Å². The molecule has 0 spiro atoms. The predicted molar refractivity (Wildman–Crippen MR) is 70.8 cm³/mol. The van der Waals surface area contributed by atoms with Crippen molar-refractivity contribution in [3.05, 3.63) is 29.1 Å². The van der Waals surface area contributed by atoms with Gasteiger partial charge in [-0.15, -0.1) is 11.8 Å². The number of hydrogen-bond donors (Lipinski definition) is 2. The Morgan fingerprint density at radius 3 is 2.59 bits per heavy atom. The van der Waals surface area contributed by atoms with Gasteiger partial charge in [0.1, 0.15) is 5.82 Å². The van der Waals surface area contributed by atoms with E-state index >= 15 is 0 Å². The van der Waals surface area contributed by atoms with Gasteiger partial charge in [0.15, 0.2) is 0 Å². The highest BCUT2D eigenvalue weighted by Gasteiger charge is 2.13. The van der Waals surface area contributed by atoms with Crippen LogP contribution in [0, 0.1) is 12.7 Å². The van der Waals surface area contributed by atoms with Crippen LogP contribution in [0.25, 0.3) is 0 Å². The second kappa shape index (κ2) is 6.38. The topological polar surface area (TPSA) is 46.2 Å². The third kappa shape index (κ3) is 3.98. The van der Waals surface area contributed by atoms with E-state index in [1.54, 1.807) is 18.7 Å². The van der Waals surface area contributed by atoms with Crippen molar-refractivity contribution in [2.75, 3.05) is 6.61 Å². The highest BCUT2D eigenvalue weighted by atomic mass is 32.2. The SMILES string of the molecule is Cc1cc(SC(C)CCO)c(C(C)N)cc1F. The molecule has 0 bridgehead atoms. The Hall–Kier alpha value is -0.580. The fourth-order valence-corrected chi connectivity index (χ4v) is 2.87. The van der Waals surface area contributed by atoms with Crippen LogP contribution in [0.1, 0.15) is 37.4 Å². The lowest BCUT2D eigenvalue weighted by Crippen LogP contribution is -2.09. The first-order chi connectivity index (χ1) is 7.95. The van der Waals surface area contributed by atoms with Crippen LogP contribution in [0.15, 0.2) is 17.0 Å². The molecule has 2 atom stereocenters. The summed E-state index contributed by atoms with van der Waals surface area (Å²) in [4.78, 5) is 1.01. The van der Waals surface area contributed by atoms with Crippen LogP contribution < -0.4 is 5.73 Å². The number of aliphatic hydroxyl groups is 1. The van der Waals surface area contributed by atoms with Crippen molar-refractivity contribution in [3.8, 4) is 0 Å². The molecule has 1 aromatic rings. The number of aliphatic hydroxyl groups excluding tert-OH is 1. The van der Waals surface area contributed by atoms with Crippen LogP contribution in [-0.2, 0) is 0 Å². The summed E-state index contributed by atoms with van der Waals surface area (Å²) in [7, 11) is 0. The van der Waals surface area contributed by atoms with E-state index in [4.69, 9.17) is 10.8 Å². The molecule has 4 heteroatoms. The van der Waals surface area contributed by atoms with E-state index in [0.717, 1.165) is 16.9 Å². The number of rotatable bonds is 5. The summed E-state index contributed by atoms with van der Waals surface area (Å²) in [6.07, 6.45) is 0.722. The molecule has 0 aliphatic carbocycles. The zero-order chi connectivity index (χ0) is 13.0. The van der Waals surface area contributed by atoms with E-state index in [9.17, 15) is 4.39 Å². The first-order valence-electron chi connectivity index (χ1n) is 5.78. The van der Waals surface area contributed by atoms with Gasteiger partial charge in [0.05, 0.1) is 0 Å². The molecule has 96 valence electrons. The first kappa shape index (κ1) is 14.5. The number of halogens is 1. The van der Waals surface area contributed by atoms with Crippen molar-refractivity contribution in [3.63, 3.8) is 0 Å². The van der Waals surface area contributed by atoms with Crippen molar-refractivity contribution >= 4 is 11.8 Å². The zero-order valence-corrected chi connectivity index (χ0v) is 11.4. The van der Waals surface area contributed by atoms with Crippen LogP contribution in [-0.4, -0.2) is 17.0 Å². The minimum atomic E-state index is -0.212. The Balaban J connectivity index is 3.00. The zero-order valence-electron chi connectivity index (χ0n) is 10.5. The summed E-state index contributed by atoms with van der Waals surface area (Å²) in [6, 6.07) is 3.18. The molecule has 0 saturated carbocycles. The summed E-state index contributed by atoms with van der Waals surface area (Å²) in [5, 5.41) is 9.19. The maximum atomic E-state index is 13.5. The monoisotopic (exact) mass is 257 g/mol. The number of thioether (sulfide) groups is 1. The van der Waals surface area contributed by atoms with Crippen LogP contribution >= 0.6 is 11.8 Å². The average Bonchev–Trinajstić information content (AvgIpc) is 2.23. The predicted octanol–water partition coefficient (Wildman–Crippen LogP) is 3.02. The molecule has 0 fully saturated rings. The standard InChI is InChI=1S/C13H20FNOS/c1-8-6-13(17-9(2)4-5-16)11(10(3)15)7-12(8)14/h6-7,9-10,16H,4-5,15H2,1-3H3. The second-order valence-corrected chi connectivity index (χ2v) is 5.85. The molecule has 0 aliphatic heterocycles. The lowest BCUT2D eigenvalue weighted by molar-refractivity contribution is 0.289. The summed E-state index contributed by atoms with van der Waals surface area (Å²) in [5.41, 5.74) is 7.32. The van der Waals surface area contributed by atoms with Gasteiger partial charge < -0.3 is 10.8 Å². The van der Waals surface area contributed by atoms with Gasteiger partial charge in [-0.05, 0) is 43.5 Å². The van der Waals surface area contributed by atoms with Crippen molar-refractivity contribution in [1.29, 1.82) is 0 Å². The Labute approximate surface area is 106 Å². The molecule has 0 aromatic heterocycles. The maximum Gasteiger partial charge on any atom is 0.126 e.